The van der Waals surface area contributed by atoms with Gasteiger partial charge in [0.15, 0.2) is 0 Å². The molecule has 0 saturated heterocycles. The van der Waals surface area contributed by atoms with Crippen LogP contribution in [0.15, 0.2) is 0 Å². The van der Waals surface area contributed by atoms with Gasteiger partial charge in [-0.25, -0.2) is 0 Å². The molecule has 20 heavy (non-hydrogen) atoms. The van der Waals surface area contributed by atoms with Crippen LogP contribution in [0.2, 0.25) is 0 Å². The second-order valence-electron chi connectivity index (χ2n) is 7.29. The molecule has 1 fully saturated rings. The lowest BCUT2D eigenvalue weighted by Gasteiger charge is -2.38. The molecule has 0 aliphatic heterocycles. The number of nitrogens with one attached hydrogen (secondary N) is 1. The fraction of sp³-hybridized carbons (Fsp3) is 0.938. The van der Waals surface area contributed by atoms with Crippen LogP contribution in [0.4, 0.5) is 0 Å². The van der Waals surface area contributed by atoms with E-state index in [4.69, 9.17) is 0 Å². The zero-order valence-electron chi connectivity index (χ0n) is 13.9. The van der Waals surface area contributed by atoms with Gasteiger partial charge in [-0.3, -0.25) is 15.0 Å². The van der Waals surface area contributed by atoms with Crippen molar-refractivity contribution >= 4 is 5.97 Å². The molecule has 0 heterocycles. The molecule has 1 aliphatic rings. The highest BCUT2D eigenvalue weighted by Crippen LogP contribution is 2.26. The number of aliphatic carboxylic acids is 1. The summed E-state index contributed by atoms with van der Waals surface area (Å²) < 4.78 is 0. The Kier molecular flexibility index (Phi) is 6.02. The Morgan fingerprint density at radius 2 is 1.85 bits per heavy atom. The molecule has 0 aromatic heterocycles. The summed E-state index contributed by atoms with van der Waals surface area (Å²) in [6.45, 7) is 13.8. The van der Waals surface area contributed by atoms with Crippen LogP contribution in [0.5, 0.6) is 0 Å². The lowest BCUT2D eigenvalue weighted by Crippen LogP contribution is -2.55. The van der Waals surface area contributed by atoms with E-state index in [1.165, 1.54) is 0 Å². The highest BCUT2D eigenvalue weighted by atomic mass is 16.4. The monoisotopic (exact) mass is 284 g/mol. The van der Waals surface area contributed by atoms with Crippen LogP contribution in [0.3, 0.4) is 0 Å². The van der Waals surface area contributed by atoms with Gasteiger partial charge in [0.05, 0.1) is 0 Å². The van der Waals surface area contributed by atoms with E-state index in [1.54, 1.807) is 0 Å². The van der Waals surface area contributed by atoms with E-state index in [9.17, 15) is 9.90 Å². The average Bonchev–Trinajstić information content (AvgIpc) is 3.08. The van der Waals surface area contributed by atoms with Crippen molar-refractivity contribution < 1.29 is 9.90 Å². The van der Waals surface area contributed by atoms with Gasteiger partial charge in [0, 0.05) is 24.7 Å². The summed E-state index contributed by atoms with van der Waals surface area (Å²) in [5.74, 6) is -0.142. The van der Waals surface area contributed by atoms with Crippen LogP contribution < -0.4 is 5.32 Å². The molecular formula is C16H32N2O2. The van der Waals surface area contributed by atoms with Gasteiger partial charge in [-0.15, -0.1) is 0 Å². The zero-order valence-corrected chi connectivity index (χ0v) is 13.9. The molecule has 4 heteroatoms. The van der Waals surface area contributed by atoms with Crippen LogP contribution in [0.1, 0.15) is 60.8 Å². The molecule has 0 radical (unpaired) electrons. The van der Waals surface area contributed by atoms with E-state index in [0.29, 0.717) is 24.4 Å². The fourth-order valence-electron chi connectivity index (χ4n) is 2.92. The van der Waals surface area contributed by atoms with E-state index < -0.39 is 11.5 Å². The Bertz CT molecular complexity index is 326. The van der Waals surface area contributed by atoms with Crippen molar-refractivity contribution in [2.45, 2.75) is 84.5 Å². The lowest BCUT2D eigenvalue weighted by molar-refractivity contribution is -0.145. The topological polar surface area (TPSA) is 52.6 Å². The Hall–Kier alpha value is -0.610. The predicted molar refractivity (Wildman–Crippen MR) is 83.0 cm³/mol. The number of nitrogens with zero attached hydrogens (tertiary/aromatic N) is 1. The van der Waals surface area contributed by atoms with Gasteiger partial charge < -0.3 is 5.11 Å². The smallest absolute Gasteiger partial charge is 0.323 e. The third-order valence-electron chi connectivity index (χ3n) is 4.08. The highest BCUT2D eigenvalue weighted by molar-refractivity contribution is 5.78. The van der Waals surface area contributed by atoms with Gasteiger partial charge in [-0.05, 0) is 52.9 Å². The molecule has 0 amide bonds. The lowest BCUT2D eigenvalue weighted by atomic mass is 9.91. The molecule has 1 aliphatic carbocycles. The largest absolute Gasteiger partial charge is 0.480 e. The fourth-order valence-corrected chi connectivity index (χ4v) is 2.92. The zero-order chi connectivity index (χ0) is 15.5. The summed E-state index contributed by atoms with van der Waals surface area (Å²) >= 11 is 0. The van der Waals surface area contributed by atoms with E-state index in [-0.39, 0.29) is 6.04 Å². The Labute approximate surface area is 123 Å². The normalized spacial score (nSPS) is 20.4. The molecule has 0 bridgehead atoms. The second-order valence-corrected chi connectivity index (χ2v) is 7.29. The van der Waals surface area contributed by atoms with Gasteiger partial charge >= 0.3 is 5.97 Å². The number of hydrogen-bond acceptors (Lipinski definition) is 3. The number of hydrogen-bond donors (Lipinski definition) is 2. The van der Waals surface area contributed by atoms with E-state index >= 15 is 0 Å². The SMILES string of the molecule is CC(C)CN(C(C)C)C(C)CC(C)(NC1CC1)C(=O)O. The molecule has 0 spiro atoms. The molecule has 2 atom stereocenters. The Morgan fingerprint density at radius 3 is 2.20 bits per heavy atom. The number of carbonyl (C=O) groups is 1. The van der Waals surface area contributed by atoms with E-state index in [0.717, 1.165) is 19.4 Å². The second kappa shape index (κ2) is 6.90. The molecular weight excluding hydrogens is 252 g/mol. The molecule has 0 aromatic carbocycles. The highest BCUT2D eigenvalue weighted by Gasteiger charge is 2.40. The summed E-state index contributed by atoms with van der Waals surface area (Å²) in [5, 5.41) is 12.9. The van der Waals surface area contributed by atoms with Crippen molar-refractivity contribution in [1.82, 2.24) is 10.2 Å². The maximum atomic E-state index is 11.7. The van der Waals surface area contributed by atoms with Gasteiger partial charge in [-0.2, -0.15) is 0 Å². The summed E-state index contributed by atoms with van der Waals surface area (Å²) in [6, 6.07) is 1.09. The quantitative estimate of drug-likeness (QED) is 0.683. The van der Waals surface area contributed by atoms with Crippen LogP contribution in [0, 0.1) is 5.92 Å². The van der Waals surface area contributed by atoms with Crippen molar-refractivity contribution in [1.29, 1.82) is 0 Å². The molecule has 0 aromatic rings. The van der Waals surface area contributed by atoms with Gasteiger partial charge in [0.2, 0.25) is 0 Å². The first-order valence-corrected chi connectivity index (χ1v) is 7.92. The first-order valence-electron chi connectivity index (χ1n) is 7.92. The van der Waals surface area contributed by atoms with Crippen molar-refractivity contribution in [3.63, 3.8) is 0 Å². The summed E-state index contributed by atoms with van der Waals surface area (Å²) in [7, 11) is 0. The van der Waals surface area contributed by atoms with Gasteiger partial charge in [0.25, 0.3) is 0 Å². The summed E-state index contributed by atoms with van der Waals surface area (Å²) in [6.07, 6.45) is 2.86. The Balaban J connectivity index is 2.71. The minimum Gasteiger partial charge on any atom is -0.480 e. The van der Waals surface area contributed by atoms with Crippen LogP contribution in [-0.2, 0) is 4.79 Å². The Morgan fingerprint density at radius 1 is 1.30 bits per heavy atom. The van der Waals surface area contributed by atoms with Crippen LogP contribution in [0.25, 0.3) is 0 Å². The predicted octanol–water partition coefficient (Wildman–Crippen LogP) is 2.73. The maximum Gasteiger partial charge on any atom is 0.323 e. The van der Waals surface area contributed by atoms with E-state index in [2.05, 4.69) is 44.8 Å². The number of rotatable bonds is 9. The number of carboxylic acids is 1. The summed E-state index contributed by atoms with van der Waals surface area (Å²) in [4.78, 5) is 14.1. The standard InChI is InChI=1S/C16H32N2O2/c1-11(2)10-18(12(3)4)13(5)9-16(6,15(19)20)17-14-7-8-14/h11-14,17H,7-10H2,1-6H3,(H,19,20). The molecule has 1 rings (SSSR count). The van der Waals surface area contributed by atoms with Crippen molar-refractivity contribution in [3.05, 3.63) is 0 Å². The third kappa shape index (κ3) is 5.06. The minimum absolute atomic E-state index is 0.254. The molecule has 1 saturated carbocycles. The van der Waals surface area contributed by atoms with Crippen molar-refractivity contribution in [3.8, 4) is 0 Å². The van der Waals surface area contributed by atoms with Gasteiger partial charge in [-0.1, -0.05) is 13.8 Å². The molecule has 2 unspecified atom stereocenters. The van der Waals surface area contributed by atoms with E-state index in [1.807, 2.05) is 6.92 Å². The molecule has 2 N–H and O–H groups in total. The molecule has 4 nitrogen and oxygen atoms in total. The van der Waals surface area contributed by atoms with Crippen molar-refractivity contribution in [2.75, 3.05) is 6.54 Å². The first kappa shape index (κ1) is 17.4. The molecule has 118 valence electrons. The summed E-state index contributed by atoms with van der Waals surface area (Å²) in [5.41, 5.74) is -0.815. The van der Waals surface area contributed by atoms with Crippen LogP contribution >= 0.6 is 0 Å². The average molecular weight is 284 g/mol. The minimum atomic E-state index is -0.815. The van der Waals surface area contributed by atoms with Crippen LogP contribution in [-0.4, -0.2) is 46.2 Å². The number of carboxylic acid groups (broad SMARTS) is 1. The maximum absolute atomic E-state index is 11.7. The van der Waals surface area contributed by atoms with Crippen molar-refractivity contribution in [2.24, 2.45) is 5.92 Å². The third-order valence-corrected chi connectivity index (χ3v) is 4.08. The van der Waals surface area contributed by atoms with Gasteiger partial charge in [0.1, 0.15) is 5.54 Å². The first-order chi connectivity index (χ1) is 9.15.